The summed E-state index contributed by atoms with van der Waals surface area (Å²) >= 11 is 1.60. The van der Waals surface area contributed by atoms with Crippen molar-refractivity contribution in [2.75, 3.05) is 0 Å². The van der Waals surface area contributed by atoms with Gasteiger partial charge in [-0.15, -0.1) is 11.3 Å². The fraction of sp³-hybridized carbons (Fsp3) is 0.250. The number of amidine groups is 1. The molecule has 1 aromatic carbocycles. The smallest absolute Gasteiger partial charge is 0.279 e. The number of nitrogens with two attached hydrogens (primary N) is 1. The van der Waals surface area contributed by atoms with E-state index in [1.165, 1.54) is 0 Å². The molecule has 0 saturated heterocycles. The van der Waals surface area contributed by atoms with Crippen LogP contribution in [0, 0.1) is 6.92 Å². The molecule has 0 bridgehead atoms. The molecule has 0 saturated carbocycles. The lowest BCUT2D eigenvalue weighted by Gasteiger charge is -2.07. The SMILES string of the molecule is Cc1ccc(Cc2cc3c(s2)CC(N)=NC3=O)c(CO)c1. The molecule has 3 N–H and O–H groups in total. The first kappa shape index (κ1) is 14.0. The van der Waals surface area contributed by atoms with E-state index in [0.29, 0.717) is 24.2 Å². The van der Waals surface area contributed by atoms with Gasteiger partial charge in [0.05, 0.1) is 12.2 Å². The first-order chi connectivity index (χ1) is 10.1. The number of aliphatic hydroxyl groups excluding tert-OH is 1. The van der Waals surface area contributed by atoms with E-state index < -0.39 is 0 Å². The number of fused-ring (bicyclic) bond motifs is 1. The number of aliphatic hydroxyl groups is 1. The van der Waals surface area contributed by atoms with Crippen LogP contribution in [0.5, 0.6) is 0 Å². The van der Waals surface area contributed by atoms with Crippen molar-refractivity contribution in [2.45, 2.75) is 26.4 Å². The molecule has 0 atom stereocenters. The molecule has 3 rings (SSSR count). The average Bonchev–Trinajstić information content (AvgIpc) is 2.83. The van der Waals surface area contributed by atoms with Gasteiger partial charge in [-0.25, -0.2) is 0 Å². The van der Waals surface area contributed by atoms with E-state index in [-0.39, 0.29) is 12.5 Å². The number of aryl methyl sites for hydroxylation is 1. The van der Waals surface area contributed by atoms with E-state index >= 15 is 0 Å². The van der Waals surface area contributed by atoms with Crippen LogP contribution in [0.15, 0.2) is 29.3 Å². The molecule has 4 nitrogen and oxygen atoms in total. The van der Waals surface area contributed by atoms with Gasteiger partial charge in [-0.1, -0.05) is 23.8 Å². The number of nitrogens with zero attached hydrogens (tertiary/aromatic N) is 1. The van der Waals surface area contributed by atoms with E-state index in [1.807, 2.05) is 31.2 Å². The van der Waals surface area contributed by atoms with Crippen LogP contribution in [0.4, 0.5) is 0 Å². The Balaban J connectivity index is 1.91. The molecule has 0 spiro atoms. The maximum atomic E-state index is 11.8. The molecule has 2 heterocycles. The molecule has 108 valence electrons. The number of rotatable bonds is 3. The topological polar surface area (TPSA) is 75.7 Å². The fourth-order valence-electron chi connectivity index (χ4n) is 2.54. The Bertz CT molecular complexity index is 747. The molecule has 5 heteroatoms. The van der Waals surface area contributed by atoms with Crippen molar-refractivity contribution < 1.29 is 9.90 Å². The molecular weight excluding hydrogens is 284 g/mol. The van der Waals surface area contributed by atoms with E-state index in [1.54, 1.807) is 11.3 Å². The van der Waals surface area contributed by atoms with Crippen molar-refractivity contribution in [3.63, 3.8) is 0 Å². The maximum absolute atomic E-state index is 11.8. The van der Waals surface area contributed by atoms with Gasteiger partial charge in [0.1, 0.15) is 5.84 Å². The summed E-state index contributed by atoms with van der Waals surface area (Å²) in [6, 6.07) is 7.97. The highest BCUT2D eigenvalue weighted by Gasteiger charge is 2.21. The van der Waals surface area contributed by atoms with Crippen LogP contribution < -0.4 is 5.73 Å². The van der Waals surface area contributed by atoms with E-state index in [2.05, 4.69) is 4.99 Å². The molecule has 0 radical (unpaired) electrons. The number of carbonyl (C=O) groups is 1. The number of benzene rings is 1. The normalized spacial score (nSPS) is 14.0. The number of carbonyl (C=O) groups excluding carboxylic acids is 1. The molecule has 2 aromatic rings. The lowest BCUT2D eigenvalue weighted by molar-refractivity contribution is 0.100. The lowest BCUT2D eigenvalue weighted by Crippen LogP contribution is -2.21. The maximum Gasteiger partial charge on any atom is 0.279 e. The quantitative estimate of drug-likeness (QED) is 0.912. The number of hydrogen-bond donors (Lipinski definition) is 2. The molecule has 1 aliphatic heterocycles. The van der Waals surface area contributed by atoms with Gasteiger partial charge in [0.25, 0.3) is 5.91 Å². The monoisotopic (exact) mass is 300 g/mol. The summed E-state index contributed by atoms with van der Waals surface area (Å²) in [4.78, 5) is 17.7. The van der Waals surface area contributed by atoms with E-state index in [9.17, 15) is 9.90 Å². The first-order valence-corrected chi connectivity index (χ1v) is 7.56. The van der Waals surface area contributed by atoms with E-state index in [4.69, 9.17) is 5.73 Å². The second-order valence-corrected chi connectivity index (χ2v) is 6.46. The number of hydrogen-bond acceptors (Lipinski definition) is 4. The molecule has 1 aliphatic rings. The summed E-state index contributed by atoms with van der Waals surface area (Å²) in [6.07, 6.45) is 1.26. The zero-order chi connectivity index (χ0) is 15.0. The summed E-state index contributed by atoms with van der Waals surface area (Å²) in [6.45, 7) is 2.03. The molecule has 0 fully saturated rings. The Morgan fingerprint density at radius 2 is 2.14 bits per heavy atom. The third-order valence-corrected chi connectivity index (χ3v) is 4.71. The van der Waals surface area contributed by atoms with Crippen LogP contribution in [0.1, 0.15) is 36.8 Å². The molecule has 0 unspecified atom stereocenters. The largest absolute Gasteiger partial charge is 0.392 e. The molecular formula is C16H16N2O2S. The van der Waals surface area contributed by atoms with Crippen molar-refractivity contribution in [2.24, 2.45) is 10.7 Å². The van der Waals surface area contributed by atoms with Gasteiger partial charge in [-0.2, -0.15) is 4.99 Å². The Morgan fingerprint density at radius 1 is 1.33 bits per heavy atom. The molecule has 1 aromatic heterocycles. The summed E-state index contributed by atoms with van der Waals surface area (Å²) < 4.78 is 0. The van der Waals surface area contributed by atoms with E-state index in [0.717, 1.165) is 26.4 Å². The number of thiophene rings is 1. The highest BCUT2D eigenvalue weighted by molar-refractivity contribution is 7.12. The minimum absolute atomic E-state index is 0.0249. The predicted octanol–water partition coefficient (Wildman–Crippen LogP) is 2.19. The Kier molecular flexibility index (Phi) is 3.61. The van der Waals surface area contributed by atoms with Crippen LogP contribution in [0.3, 0.4) is 0 Å². The van der Waals surface area contributed by atoms with Crippen LogP contribution in [-0.4, -0.2) is 16.8 Å². The minimum Gasteiger partial charge on any atom is -0.392 e. The zero-order valence-electron chi connectivity index (χ0n) is 11.7. The highest BCUT2D eigenvalue weighted by Crippen LogP contribution is 2.29. The van der Waals surface area contributed by atoms with Crippen LogP contribution in [-0.2, 0) is 19.4 Å². The van der Waals surface area contributed by atoms with Gasteiger partial charge in [-0.3, -0.25) is 4.79 Å². The zero-order valence-corrected chi connectivity index (χ0v) is 12.5. The van der Waals surface area contributed by atoms with Gasteiger partial charge in [0.2, 0.25) is 0 Å². The summed E-state index contributed by atoms with van der Waals surface area (Å²) in [5, 5.41) is 9.47. The Morgan fingerprint density at radius 3 is 2.90 bits per heavy atom. The second-order valence-electron chi connectivity index (χ2n) is 5.24. The summed E-state index contributed by atoms with van der Waals surface area (Å²) in [5.74, 6) is 0.134. The Labute approximate surface area is 127 Å². The summed E-state index contributed by atoms with van der Waals surface area (Å²) in [7, 11) is 0. The van der Waals surface area contributed by atoms with Crippen LogP contribution >= 0.6 is 11.3 Å². The number of amides is 1. The third kappa shape index (κ3) is 2.75. The average molecular weight is 300 g/mol. The van der Waals surface area contributed by atoms with Gasteiger partial charge in [-0.05, 0) is 24.1 Å². The minimum atomic E-state index is -0.248. The first-order valence-electron chi connectivity index (χ1n) is 6.75. The van der Waals surface area contributed by atoms with Gasteiger partial charge >= 0.3 is 0 Å². The van der Waals surface area contributed by atoms with Crippen molar-refractivity contribution >= 4 is 23.1 Å². The fourth-order valence-corrected chi connectivity index (χ4v) is 3.74. The highest BCUT2D eigenvalue weighted by atomic mass is 32.1. The summed E-state index contributed by atoms with van der Waals surface area (Å²) in [5.41, 5.74) is 9.48. The Hall–Kier alpha value is -1.98. The van der Waals surface area contributed by atoms with Gasteiger partial charge < -0.3 is 10.8 Å². The third-order valence-electron chi connectivity index (χ3n) is 3.57. The lowest BCUT2D eigenvalue weighted by atomic mass is 10.0. The second kappa shape index (κ2) is 5.42. The molecule has 0 aliphatic carbocycles. The van der Waals surface area contributed by atoms with Crippen molar-refractivity contribution in [1.82, 2.24) is 0 Å². The standard InChI is InChI=1S/C16H16N2O2S/c1-9-2-3-10(11(4-9)8-19)5-12-6-13-14(21-12)7-15(17)18-16(13)20/h2-4,6,19H,5,7-8H2,1H3,(H2,17,18,20). The number of aliphatic imine (C=N–C) groups is 1. The predicted molar refractivity (Wildman–Crippen MR) is 83.9 cm³/mol. The molecule has 1 amide bonds. The van der Waals surface area contributed by atoms with Crippen LogP contribution in [0.2, 0.25) is 0 Å². The van der Waals surface area contributed by atoms with Gasteiger partial charge in [0.15, 0.2) is 0 Å². The van der Waals surface area contributed by atoms with Crippen molar-refractivity contribution in [3.8, 4) is 0 Å². The molecule has 21 heavy (non-hydrogen) atoms. The van der Waals surface area contributed by atoms with Crippen molar-refractivity contribution in [1.29, 1.82) is 0 Å². The van der Waals surface area contributed by atoms with Crippen molar-refractivity contribution in [3.05, 3.63) is 56.3 Å². The van der Waals surface area contributed by atoms with Crippen LogP contribution in [0.25, 0.3) is 0 Å². The van der Waals surface area contributed by atoms with Gasteiger partial charge in [0, 0.05) is 22.6 Å².